The lowest BCUT2D eigenvalue weighted by Crippen LogP contribution is -2.38. The number of primary amides is 1. The van der Waals surface area contributed by atoms with Crippen LogP contribution in [-0.4, -0.2) is 46.0 Å². The first kappa shape index (κ1) is 18.3. The van der Waals surface area contributed by atoms with Crippen molar-refractivity contribution < 1.29 is 9.53 Å². The molecule has 2 N–H and O–H groups in total. The molecule has 3 heterocycles. The molecule has 1 unspecified atom stereocenters. The van der Waals surface area contributed by atoms with Gasteiger partial charge >= 0.3 is 0 Å². The first-order valence-electron chi connectivity index (χ1n) is 10.6. The summed E-state index contributed by atoms with van der Waals surface area (Å²) in [5.74, 6) is 0.653. The number of likely N-dealkylation sites (tertiary alicyclic amines) is 1. The zero-order valence-electron chi connectivity index (χ0n) is 16.2. The maximum atomic E-state index is 11.5. The number of rotatable bonds is 5. The van der Waals surface area contributed by atoms with E-state index in [1.165, 1.54) is 49.2 Å². The van der Waals surface area contributed by atoms with Gasteiger partial charge in [0.25, 0.3) is 0 Å². The van der Waals surface area contributed by atoms with Gasteiger partial charge in [0.15, 0.2) is 0 Å². The van der Waals surface area contributed by atoms with E-state index < -0.39 is 0 Å². The van der Waals surface area contributed by atoms with E-state index in [9.17, 15) is 4.79 Å². The highest BCUT2D eigenvalue weighted by Crippen LogP contribution is 2.47. The SMILES string of the molecule is NC(=O)CC1CCc2sc3ncnc(OC4CCC(N5CCCC5)CC4)c3c21. The van der Waals surface area contributed by atoms with Gasteiger partial charge in [-0.1, -0.05) is 0 Å². The third-order valence-corrected chi connectivity index (χ3v) is 7.90. The van der Waals surface area contributed by atoms with E-state index in [0.717, 1.165) is 41.9 Å². The van der Waals surface area contributed by atoms with Crippen molar-refractivity contribution in [3.63, 3.8) is 0 Å². The second-order valence-corrected chi connectivity index (χ2v) is 9.58. The van der Waals surface area contributed by atoms with E-state index in [0.29, 0.717) is 12.3 Å². The molecular formula is C21H28N4O2S. The number of fused-ring (bicyclic) bond motifs is 3. The molecule has 2 fully saturated rings. The molecule has 1 aliphatic heterocycles. The predicted octanol–water partition coefficient (Wildman–Crippen LogP) is 3.38. The van der Waals surface area contributed by atoms with Crippen LogP contribution < -0.4 is 10.5 Å². The van der Waals surface area contributed by atoms with Crippen LogP contribution in [0.5, 0.6) is 5.88 Å². The van der Waals surface area contributed by atoms with Crippen LogP contribution in [0.4, 0.5) is 0 Å². The Kier molecular flexibility index (Phi) is 4.97. The lowest BCUT2D eigenvalue weighted by molar-refractivity contribution is -0.118. The smallest absolute Gasteiger partial charge is 0.225 e. The molecule has 0 spiro atoms. The fourth-order valence-corrected chi connectivity index (χ4v) is 6.60. The van der Waals surface area contributed by atoms with Gasteiger partial charge < -0.3 is 15.4 Å². The van der Waals surface area contributed by atoms with Gasteiger partial charge in [-0.2, -0.15) is 0 Å². The Morgan fingerprint density at radius 2 is 1.96 bits per heavy atom. The van der Waals surface area contributed by atoms with Crippen LogP contribution in [0.25, 0.3) is 10.2 Å². The second kappa shape index (κ2) is 7.59. The summed E-state index contributed by atoms with van der Waals surface area (Å²) in [5.41, 5.74) is 6.71. The van der Waals surface area contributed by atoms with Gasteiger partial charge in [-0.25, -0.2) is 9.97 Å². The van der Waals surface area contributed by atoms with Crippen molar-refractivity contribution in [2.24, 2.45) is 5.73 Å². The number of carbonyl (C=O) groups is 1. The largest absolute Gasteiger partial charge is 0.474 e. The summed E-state index contributed by atoms with van der Waals surface area (Å²) in [6.07, 6.45) is 11.5. The van der Waals surface area contributed by atoms with Crippen molar-refractivity contribution in [2.75, 3.05) is 13.1 Å². The van der Waals surface area contributed by atoms with Crippen molar-refractivity contribution in [1.82, 2.24) is 14.9 Å². The first-order chi connectivity index (χ1) is 13.7. The maximum Gasteiger partial charge on any atom is 0.225 e. The molecule has 150 valence electrons. The van der Waals surface area contributed by atoms with Crippen LogP contribution in [0.3, 0.4) is 0 Å². The number of nitrogens with zero attached hydrogens (tertiary/aromatic N) is 3. The number of aromatic nitrogens is 2. The van der Waals surface area contributed by atoms with Crippen LogP contribution in [-0.2, 0) is 11.2 Å². The minimum Gasteiger partial charge on any atom is -0.474 e. The molecule has 5 rings (SSSR count). The molecule has 0 aromatic carbocycles. The van der Waals surface area contributed by atoms with Gasteiger partial charge in [0.05, 0.1) is 5.39 Å². The molecule has 6 nitrogen and oxygen atoms in total. The zero-order valence-corrected chi connectivity index (χ0v) is 17.0. The highest BCUT2D eigenvalue weighted by molar-refractivity contribution is 7.19. The summed E-state index contributed by atoms with van der Waals surface area (Å²) < 4.78 is 6.44. The van der Waals surface area contributed by atoms with Crippen molar-refractivity contribution in [3.05, 3.63) is 16.8 Å². The van der Waals surface area contributed by atoms with Crippen LogP contribution >= 0.6 is 11.3 Å². The highest BCUT2D eigenvalue weighted by Gasteiger charge is 2.33. The Balaban J connectivity index is 1.34. The molecular weight excluding hydrogens is 372 g/mol. The maximum absolute atomic E-state index is 11.5. The number of thiophene rings is 1. The van der Waals surface area contributed by atoms with Crippen molar-refractivity contribution in [1.29, 1.82) is 0 Å². The molecule has 28 heavy (non-hydrogen) atoms. The fraction of sp³-hybridized carbons (Fsp3) is 0.667. The summed E-state index contributed by atoms with van der Waals surface area (Å²) in [5, 5.41) is 1.04. The van der Waals surface area contributed by atoms with Gasteiger partial charge in [-0.05, 0) is 75.9 Å². The van der Waals surface area contributed by atoms with Crippen molar-refractivity contribution >= 4 is 27.5 Å². The Morgan fingerprint density at radius 1 is 1.18 bits per heavy atom. The van der Waals surface area contributed by atoms with Crippen LogP contribution in [0.2, 0.25) is 0 Å². The van der Waals surface area contributed by atoms with Gasteiger partial charge in [-0.3, -0.25) is 4.79 Å². The Hall–Kier alpha value is -1.73. The summed E-state index contributed by atoms with van der Waals surface area (Å²) in [6, 6.07) is 0.734. The molecule has 1 saturated carbocycles. The number of amides is 1. The molecule has 3 aliphatic rings. The minimum absolute atomic E-state index is 0.181. The third kappa shape index (κ3) is 3.39. The van der Waals surface area contributed by atoms with E-state index in [-0.39, 0.29) is 17.9 Å². The molecule has 7 heteroatoms. The standard InChI is InChI=1S/C21H28N4O2S/c22-17(26)11-13-3-8-16-18(13)19-20(23-12-24-21(19)28-16)27-15-6-4-14(5-7-15)25-9-1-2-10-25/h12-15H,1-11H2,(H2,22,26). The van der Waals surface area contributed by atoms with Crippen LogP contribution in [0.1, 0.15) is 67.7 Å². The van der Waals surface area contributed by atoms with Gasteiger partial charge in [0.2, 0.25) is 11.8 Å². The number of ether oxygens (including phenoxy) is 1. The summed E-state index contributed by atoms with van der Waals surface area (Å²) in [4.78, 5) is 25.5. The summed E-state index contributed by atoms with van der Waals surface area (Å²) >= 11 is 1.72. The molecule has 1 saturated heterocycles. The number of hydrogen-bond donors (Lipinski definition) is 1. The molecule has 0 bridgehead atoms. The zero-order chi connectivity index (χ0) is 19.1. The molecule has 2 aromatic rings. The van der Waals surface area contributed by atoms with E-state index in [1.807, 2.05) is 0 Å². The van der Waals surface area contributed by atoms with Crippen LogP contribution in [0, 0.1) is 0 Å². The normalized spacial score (nSPS) is 27.9. The van der Waals surface area contributed by atoms with Crippen molar-refractivity contribution in [3.8, 4) is 5.88 Å². The lowest BCUT2D eigenvalue weighted by atomic mass is 9.92. The van der Waals surface area contributed by atoms with Crippen LogP contribution in [0.15, 0.2) is 6.33 Å². The number of nitrogens with two attached hydrogens (primary N) is 1. The average molecular weight is 401 g/mol. The topological polar surface area (TPSA) is 81.3 Å². The monoisotopic (exact) mass is 400 g/mol. The quantitative estimate of drug-likeness (QED) is 0.832. The molecule has 1 atom stereocenters. The van der Waals surface area contributed by atoms with E-state index in [4.69, 9.17) is 10.5 Å². The Morgan fingerprint density at radius 3 is 2.71 bits per heavy atom. The minimum atomic E-state index is -0.239. The summed E-state index contributed by atoms with van der Waals surface area (Å²) in [7, 11) is 0. The molecule has 2 aromatic heterocycles. The second-order valence-electron chi connectivity index (χ2n) is 8.50. The Labute approximate surface area is 169 Å². The van der Waals surface area contributed by atoms with Gasteiger partial charge in [-0.15, -0.1) is 11.3 Å². The van der Waals surface area contributed by atoms with Gasteiger partial charge in [0, 0.05) is 17.3 Å². The number of aryl methyl sites for hydroxylation is 1. The fourth-order valence-electron chi connectivity index (χ4n) is 5.37. The third-order valence-electron chi connectivity index (χ3n) is 6.72. The molecule has 0 radical (unpaired) electrons. The molecule has 1 amide bonds. The number of carbonyl (C=O) groups excluding carboxylic acids is 1. The number of hydrogen-bond acceptors (Lipinski definition) is 6. The van der Waals surface area contributed by atoms with Crippen molar-refractivity contribution in [2.45, 2.75) is 75.9 Å². The molecule has 2 aliphatic carbocycles. The van der Waals surface area contributed by atoms with E-state index in [1.54, 1.807) is 17.7 Å². The first-order valence-corrected chi connectivity index (χ1v) is 11.5. The van der Waals surface area contributed by atoms with E-state index in [2.05, 4.69) is 14.9 Å². The average Bonchev–Trinajstić information content (AvgIpc) is 3.40. The summed E-state index contributed by atoms with van der Waals surface area (Å²) in [6.45, 7) is 2.54. The lowest BCUT2D eigenvalue weighted by Gasteiger charge is -2.34. The van der Waals surface area contributed by atoms with Gasteiger partial charge in [0.1, 0.15) is 17.3 Å². The predicted molar refractivity (Wildman–Crippen MR) is 110 cm³/mol. The Bertz CT molecular complexity index is 869. The van der Waals surface area contributed by atoms with E-state index >= 15 is 0 Å². The highest BCUT2D eigenvalue weighted by atomic mass is 32.1.